The van der Waals surface area contributed by atoms with Gasteiger partial charge in [-0.25, -0.2) is 14.4 Å². The highest BCUT2D eigenvalue weighted by Crippen LogP contribution is 2.28. The zero-order valence-electron chi connectivity index (χ0n) is 14.0. The van der Waals surface area contributed by atoms with E-state index in [9.17, 15) is 14.4 Å². The fraction of sp³-hybridized carbons (Fsp3) is 0.250. The van der Waals surface area contributed by atoms with Crippen LogP contribution in [0, 0.1) is 0 Å². The van der Waals surface area contributed by atoms with Crippen molar-refractivity contribution < 1.29 is 28.3 Å². The fourth-order valence-corrected chi connectivity index (χ4v) is 2.50. The molecule has 26 heavy (non-hydrogen) atoms. The van der Waals surface area contributed by atoms with Crippen molar-refractivity contribution in [3.63, 3.8) is 0 Å². The van der Waals surface area contributed by atoms with E-state index in [1.807, 2.05) is 0 Å². The number of hydrogen-bond donors (Lipinski definition) is 1. The number of benzene rings is 1. The number of aromatic nitrogens is 2. The van der Waals surface area contributed by atoms with Crippen LogP contribution < -0.4 is 10.7 Å². The second kappa shape index (κ2) is 7.23. The lowest BCUT2D eigenvalue weighted by Crippen LogP contribution is -2.38. The standard InChI is InChI=1S/C16H15N3O7/c1-23-14(20)11-7-25-8-19(12(11)15(21)24-2)10-5-3-9(4-6-10)13-17-16(22)26-18-13/h3-6H,7-8H2,1-2H3,(H,17,18,22). The number of carbonyl (C=O) groups is 2. The van der Waals surface area contributed by atoms with Gasteiger partial charge in [0.15, 0.2) is 5.82 Å². The fourth-order valence-electron chi connectivity index (χ4n) is 2.50. The van der Waals surface area contributed by atoms with Crippen LogP contribution in [0.3, 0.4) is 0 Å². The van der Waals surface area contributed by atoms with Gasteiger partial charge in [0.2, 0.25) is 0 Å². The molecule has 1 aliphatic heterocycles. The highest BCUT2D eigenvalue weighted by molar-refractivity contribution is 6.03. The van der Waals surface area contributed by atoms with Crippen molar-refractivity contribution in [1.82, 2.24) is 10.1 Å². The first-order valence-electron chi connectivity index (χ1n) is 7.46. The van der Waals surface area contributed by atoms with Crippen molar-refractivity contribution in [1.29, 1.82) is 0 Å². The number of carbonyl (C=O) groups excluding carboxylic acids is 2. The predicted octanol–water partition coefficient (Wildman–Crippen LogP) is 0.424. The molecule has 0 amide bonds. The summed E-state index contributed by atoms with van der Waals surface area (Å²) in [7, 11) is 2.44. The Morgan fingerprint density at radius 2 is 1.85 bits per heavy atom. The normalized spacial score (nSPS) is 14.3. The summed E-state index contributed by atoms with van der Waals surface area (Å²) in [6.45, 7) is -0.0169. The van der Waals surface area contributed by atoms with Gasteiger partial charge in [-0.15, -0.1) is 0 Å². The molecule has 2 heterocycles. The molecule has 2 aromatic rings. The van der Waals surface area contributed by atoms with E-state index < -0.39 is 17.7 Å². The van der Waals surface area contributed by atoms with Gasteiger partial charge in [-0.2, -0.15) is 0 Å². The number of H-pyrrole nitrogens is 1. The number of esters is 2. The number of nitrogens with zero attached hydrogens (tertiary/aromatic N) is 2. The van der Waals surface area contributed by atoms with E-state index in [-0.39, 0.29) is 30.4 Å². The summed E-state index contributed by atoms with van der Waals surface area (Å²) in [5.41, 5.74) is 1.29. The third kappa shape index (κ3) is 3.22. The van der Waals surface area contributed by atoms with Crippen LogP contribution >= 0.6 is 0 Å². The van der Waals surface area contributed by atoms with Gasteiger partial charge in [0.1, 0.15) is 12.4 Å². The summed E-state index contributed by atoms with van der Waals surface area (Å²) in [6, 6.07) is 6.69. The molecule has 1 aromatic carbocycles. The molecule has 0 fully saturated rings. The monoisotopic (exact) mass is 361 g/mol. The number of aromatic amines is 1. The number of hydrogen-bond acceptors (Lipinski definition) is 9. The van der Waals surface area contributed by atoms with Crippen LogP contribution in [0.4, 0.5) is 5.69 Å². The van der Waals surface area contributed by atoms with Gasteiger partial charge < -0.3 is 19.1 Å². The summed E-state index contributed by atoms with van der Waals surface area (Å²) >= 11 is 0. The van der Waals surface area contributed by atoms with Gasteiger partial charge in [0, 0.05) is 11.3 Å². The van der Waals surface area contributed by atoms with E-state index in [1.165, 1.54) is 19.1 Å². The lowest BCUT2D eigenvalue weighted by Gasteiger charge is -2.31. The van der Waals surface area contributed by atoms with E-state index in [0.717, 1.165) is 0 Å². The maximum atomic E-state index is 12.2. The molecule has 136 valence electrons. The first-order valence-corrected chi connectivity index (χ1v) is 7.46. The SMILES string of the molecule is COC(=O)C1=C(C(=O)OC)N(c2ccc(-c3noc(=O)[nH]3)cc2)COC1. The average molecular weight is 361 g/mol. The van der Waals surface area contributed by atoms with Gasteiger partial charge in [0.05, 0.1) is 26.4 Å². The molecule has 10 heteroatoms. The Morgan fingerprint density at radius 1 is 1.15 bits per heavy atom. The van der Waals surface area contributed by atoms with Crippen LogP contribution in [-0.4, -0.2) is 49.6 Å². The third-order valence-corrected chi connectivity index (χ3v) is 3.73. The summed E-state index contributed by atoms with van der Waals surface area (Å²) < 4.78 is 19.4. The molecule has 0 saturated heterocycles. The van der Waals surface area contributed by atoms with E-state index >= 15 is 0 Å². The molecule has 1 aromatic heterocycles. The van der Waals surface area contributed by atoms with Crippen LogP contribution in [0.5, 0.6) is 0 Å². The summed E-state index contributed by atoms with van der Waals surface area (Å²) in [6.07, 6.45) is 0. The van der Waals surface area contributed by atoms with Gasteiger partial charge in [-0.3, -0.25) is 9.51 Å². The average Bonchev–Trinajstić information content (AvgIpc) is 3.12. The highest BCUT2D eigenvalue weighted by Gasteiger charge is 2.32. The van der Waals surface area contributed by atoms with Crippen LogP contribution in [0.25, 0.3) is 11.4 Å². The van der Waals surface area contributed by atoms with E-state index in [4.69, 9.17) is 14.2 Å². The maximum Gasteiger partial charge on any atom is 0.439 e. The van der Waals surface area contributed by atoms with Crippen molar-refractivity contribution in [3.05, 3.63) is 46.1 Å². The van der Waals surface area contributed by atoms with Crippen LogP contribution in [0.1, 0.15) is 0 Å². The molecule has 0 bridgehead atoms. The van der Waals surface area contributed by atoms with Crippen LogP contribution in [-0.2, 0) is 23.8 Å². The first kappa shape index (κ1) is 17.4. The Kier molecular flexibility index (Phi) is 4.85. The third-order valence-electron chi connectivity index (χ3n) is 3.73. The first-order chi connectivity index (χ1) is 12.5. The predicted molar refractivity (Wildman–Crippen MR) is 86.9 cm³/mol. The molecule has 0 spiro atoms. The number of rotatable bonds is 4. The summed E-state index contributed by atoms with van der Waals surface area (Å²) in [4.78, 5) is 39.2. The quantitative estimate of drug-likeness (QED) is 0.772. The van der Waals surface area contributed by atoms with Gasteiger partial charge >= 0.3 is 17.7 Å². The highest BCUT2D eigenvalue weighted by atomic mass is 16.5. The maximum absolute atomic E-state index is 12.2. The molecule has 0 saturated carbocycles. The molecule has 1 aliphatic rings. The molecular weight excluding hydrogens is 346 g/mol. The molecular formula is C16H15N3O7. The van der Waals surface area contributed by atoms with E-state index in [1.54, 1.807) is 24.3 Å². The minimum atomic E-state index is -0.682. The van der Waals surface area contributed by atoms with Crippen LogP contribution in [0.2, 0.25) is 0 Å². The number of ether oxygens (including phenoxy) is 3. The molecule has 10 nitrogen and oxygen atoms in total. The largest absolute Gasteiger partial charge is 0.466 e. The molecule has 0 unspecified atom stereocenters. The zero-order valence-corrected chi connectivity index (χ0v) is 14.0. The van der Waals surface area contributed by atoms with Crippen molar-refractivity contribution >= 4 is 17.6 Å². The lowest BCUT2D eigenvalue weighted by atomic mass is 10.1. The van der Waals surface area contributed by atoms with Crippen molar-refractivity contribution in [2.24, 2.45) is 0 Å². The summed E-state index contributed by atoms with van der Waals surface area (Å²) in [5, 5.41) is 3.61. The Bertz CT molecular complexity index is 910. The van der Waals surface area contributed by atoms with Gasteiger partial charge in [-0.05, 0) is 24.3 Å². The molecule has 1 N–H and O–H groups in total. The van der Waals surface area contributed by atoms with Crippen LogP contribution in [0.15, 0.2) is 44.9 Å². The second-order valence-electron chi connectivity index (χ2n) is 5.21. The number of anilines is 1. The minimum Gasteiger partial charge on any atom is -0.466 e. The Morgan fingerprint density at radius 3 is 2.42 bits per heavy atom. The van der Waals surface area contributed by atoms with Gasteiger partial charge in [0.25, 0.3) is 0 Å². The molecule has 0 radical (unpaired) electrons. The van der Waals surface area contributed by atoms with Crippen molar-refractivity contribution in [3.8, 4) is 11.4 Å². The molecule has 3 rings (SSSR count). The molecule has 0 aliphatic carbocycles. The minimum absolute atomic E-state index is 0.0467. The molecule has 0 atom stereocenters. The Balaban J connectivity index is 1.99. The van der Waals surface area contributed by atoms with E-state index in [2.05, 4.69) is 14.7 Å². The second-order valence-corrected chi connectivity index (χ2v) is 5.21. The smallest absolute Gasteiger partial charge is 0.439 e. The van der Waals surface area contributed by atoms with Crippen molar-refractivity contribution in [2.75, 3.05) is 32.5 Å². The van der Waals surface area contributed by atoms with E-state index in [0.29, 0.717) is 11.3 Å². The lowest BCUT2D eigenvalue weighted by molar-refractivity contribution is -0.140. The van der Waals surface area contributed by atoms with Crippen molar-refractivity contribution in [2.45, 2.75) is 0 Å². The summed E-state index contributed by atoms with van der Waals surface area (Å²) in [5.74, 6) is -1.74. The number of nitrogens with one attached hydrogen (secondary N) is 1. The topological polar surface area (TPSA) is 124 Å². The number of methoxy groups -OCH3 is 2. The van der Waals surface area contributed by atoms with Gasteiger partial charge in [-0.1, -0.05) is 5.16 Å². The Hall–Kier alpha value is -3.40. The Labute approximate surface area is 146 Å². The zero-order chi connectivity index (χ0) is 18.7.